The number of imidazole rings is 1. The van der Waals surface area contributed by atoms with E-state index in [1.165, 1.54) is 17.2 Å². The Labute approximate surface area is 111 Å². The molecule has 0 bridgehead atoms. The summed E-state index contributed by atoms with van der Waals surface area (Å²) in [6, 6.07) is 0. The number of hydrogen-bond acceptors (Lipinski definition) is 8. The van der Waals surface area contributed by atoms with E-state index in [-0.39, 0.29) is 17.0 Å². The first-order chi connectivity index (χ1) is 9.46. The molecule has 5 N–H and O–H groups in total. The lowest BCUT2D eigenvalue weighted by molar-refractivity contribution is -0.181. The average molecular weight is 285 g/mol. The Hall–Kier alpha value is -1.88. The summed E-state index contributed by atoms with van der Waals surface area (Å²) in [5.74, 6) is -2.95. The van der Waals surface area contributed by atoms with Crippen LogP contribution in [0.3, 0.4) is 0 Å². The maximum atomic E-state index is 13.9. The molecule has 0 aromatic carbocycles. The number of aliphatic hydroxyl groups is 3. The highest BCUT2D eigenvalue weighted by Crippen LogP contribution is 2.39. The number of anilines is 1. The van der Waals surface area contributed by atoms with Gasteiger partial charge in [-0.15, -0.1) is 0 Å². The van der Waals surface area contributed by atoms with Crippen LogP contribution in [0.2, 0.25) is 0 Å². The largest absolute Gasteiger partial charge is 0.393 e. The minimum atomic E-state index is -3.07. The van der Waals surface area contributed by atoms with Gasteiger partial charge in [0.15, 0.2) is 23.8 Å². The summed E-state index contributed by atoms with van der Waals surface area (Å²) in [6.07, 6.45) is -2.35. The fraction of sp³-hybridized carbons (Fsp3) is 0.500. The molecule has 20 heavy (non-hydrogen) atoms. The van der Waals surface area contributed by atoms with Crippen molar-refractivity contribution >= 4 is 17.0 Å². The van der Waals surface area contributed by atoms with Gasteiger partial charge >= 0.3 is 0 Å². The van der Waals surface area contributed by atoms with Crippen molar-refractivity contribution in [2.24, 2.45) is 0 Å². The molecule has 1 aliphatic heterocycles. The van der Waals surface area contributed by atoms with Crippen LogP contribution in [0.5, 0.6) is 0 Å². The lowest BCUT2D eigenvalue weighted by atomic mass is 10.1. The maximum absolute atomic E-state index is 13.9. The van der Waals surface area contributed by atoms with Crippen LogP contribution >= 0.6 is 0 Å². The van der Waals surface area contributed by atoms with Gasteiger partial charge in [0.1, 0.15) is 17.9 Å². The maximum Gasteiger partial charge on any atom is 0.266 e. The molecule has 108 valence electrons. The Balaban J connectivity index is 2.06. The molecule has 4 atom stereocenters. The molecule has 0 saturated carbocycles. The van der Waals surface area contributed by atoms with Crippen molar-refractivity contribution in [2.45, 2.75) is 24.3 Å². The Kier molecular flexibility index (Phi) is 2.83. The number of rotatable bonds is 2. The molecule has 10 heteroatoms. The van der Waals surface area contributed by atoms with Crippen molar-refractivity contribution in [3.05, 3.63) is 12.7 Å². The van der Waals surface area contributed by atoms with E-state index in [9.17, 15) is 14.6 Å². The van der Waals surface area contributed by atoms with Crippen LogP contribution in [0, 0.1) is 0 Å². The van der Waals surface area contributed by atoms with E-state index in [4.69, 9.17) is 15.6 Å². The number of nitrogens with zero attached hydrogens (tertiary/aromatic N) is 4. The van der Waals surface area contributed by atoms with E-state index in [1.807, 2.05) is 0 Å². The predicted octanol–water partition coefficient (Wildman–Crippen LogP) is -1.68. The summed E-state index contributed by atoms with van der Waals surface area (Å²) in [7, 11) is 0. The fourth-order valence-corrected chi connectivity index (χ4v) is 2.17. The van der Waals surface area contributed by atoms with Gasteiger partial charge in [0.2, 0.25) is 0 Å². The monoisotopic (exact) mass is 285 g/mol. The van der Waals surface area contributed by atoms with Gasteiger partial charge in [0, 0.05) is 0 Å². The van der Waals surface area contributed by atoms with E-state index in [2.05, 4.69) is 15.0 Å². The lowest BCUT2D eigenvalue weighted by Crippen LogP contribution is -2.44. The molecule has 0 amide bonds. The second-order valence-electron chi connectivity index (χ2n) is 4.45. The van der Waals surface area contributed by atoms with Crippen molar-refractivity contribution in [1.82, 2.24) is 19.5 Å². The number of alkyl halides is 1. The van der Waals surface area contributed by atoms with Gasteiger partial charge in [0.05, 0.1) is 12.9 Å². The topological polar surface area (TPSA) is 140 Å². The summed E-state index contributed by atoms with van der Waals surface area (Å²) in [5, 5.41) is 28.3. The second kappa shape index (κ2) is 4.31. The zero-order chi connectivity index (χ0) is 14.5. The SMILES string of the molecule is Nc1ncnc2c1ncn2C1O[C@H](CO)[C@@](O)(F)[C@H]1O. The summed E-state index contributed by atoms with van der Waals surface area (Å²) < 4.78 is 20.3. The molecule has 2 aromatic heterocycles. The normalized spacial score (nSPS) is 33.9. The molecular formula is C10H12FN5O4. The number of fused-ring (bicyclic) bond motifs is 1. The van der Waals surface area contributed by atoms with Gasteiger partial charge in [-0.1, -0.05) is 0 Å². The molecule has 1 saturated heterocycles. The van der Waals surface area contributed by atoms with Crippen LogP contribution in [0.1, 0.15) is 6.23 Å². The number of ether oxygens (including phenoxy) is 1. The fourth-order valence-electron chi connectivity index (χ4n) is 2.17. The lowest BCUT2D eigenvalue weighted by Gasteiger charge is -2.20. The highest BCUT2D eigenvalue weighted by atomic mass is 19.2. The molecular weight excluding hydrogens is 273 g/mol. The number of aromatic nitrogens is 4. The van der Waals surface area contributed by atoms with Crippen LogP contribution in [0.25, 0.3) is 11.2 Å². The number of aliphatic hydroxyl groups excluding tert-OH is 2. The van der Waals surface area contributed by atoms with Crippen LogP contribution in [0.4, 0.5) is 10.2 Å². The first-order valence-electron chi connectivity index (χ1n) is 5.75. The standard InChI is InChI=1S/C10H12FN5O4/c11-10(19)4(1-17)20-9(6(10)18)16-3-15-5-7(12)13-2-14-8(5)16/h2-4,6,9,17-19H,1H2,(H2,12,13,14)/t4-,6+,9?,10+/m1/s1. The van der Waals surface area contributed by atoms with Crippen LogP contribution in [-0.2, 0) is 4.74 Å². The quantitative estimate of drug-likeness (QED) is 0.513. The van der Waals surface area contributed by atoms with Gasteiger partial charge in [-0.2, -0.15) is 0 Å². The Bertz CT molecular complexity index is 648. The Morgan fingerprint density at radius 1 is 1.45 bits per heavy atom. The van der Waals surface area contributed by atoms with E-state index in [0.717, 1.165) is 0 Å². The van der Waals surface area contributed by atoms with Gasteiger partial charge < -0.3 is 25.8 Å². The molecule has 1 aliphatic rings. The minimum absolute atomic E-state index is 0.121. The van der Waals surface area contributed by atoms with E-state index < -0.39 is 30.9 Å². The third kappa shape index (κ3) is 1.66. The molecule has 0 aliphatic carbocycles. The van der Waals surface area contributed by atoms with Crippen molar-refractivity contribution in [3.8, 4) is 0 Å². The van der Waals surface area contributed by atoms with Crippen LogP contribution in [0.15, 0.2) is 12.7 Å². The van der Waals surface area contributed by atoms with Crippen molar-refractivity contribution in [3.63, 3.8) is 0 Å². The highest BCUT2D eigenvalue weighted by Gasteiger charge is 2.57. The number of hydrogen-bond donors (Lipinski definition) is 4. The molecule has 1 fully saturated rings. The molecule has 9 nitrogen and oxygen atoms in total. The minimum Gasteiger partial charge on any atom is -0.393 e. The summed E-state index contributed by atoms with van der Waals surface area (Å²) >= 11 is 0. The molecule has 0 radical (unpaired) electrons. The molecule has 1 unspecified atom stereocenters. The Morgan fingerprint density at radius 2 is 2.20 bits per heavy atom. The van der Waals surface area contributed by atoms with Crippen molar-refractivity contribution in [2.75, 3.05) is 12.3 Å². The number of nitrogen functional groups attached to an aromatic ring is 1. The zero-order valence-corrected chi connectivity index (χ0v) is 10.1. The van der Waals surface area contributed by atoms with Gasteiger partial charge in [-0.3, -0.25) is 4.57 Å². The van der Waals surface area contributed by atoms with Gasteiger partial charge in [-0.25, -0.2) is 19.3 Å². The predicted molar refractivity (Wildman–Crippen MR) is 62.8 cm³/mol. The van der Waals surface area contributed by atoms with E-state index in [1.54, 1.807) is 0 Å². The van der Waals surface area contributed by atoms with Crippen molar-refractivity contribution in [1.29, 1.82) is 0 Å². The summed E-state index contributed by atoms with van der Waals surface area (Å²) in [4.78, 5) is 11.6. The van der Waals surface area contributed by atoms with Crippen molar-refractivity contribution < 1.29 is 24.4 Å². The Morgan fingerprint density at radius 3 is 2.85 bits per heavy atom. The van der Waals surface area contributed by atoms with Gasteiger partial charge in [-0.05, 0) is 0 Å². The number of nitrogens with two attached hydrogens (primary N) is 1. The molecule has 2 aromatic rings. The number of halogens is 1. The molecule has 3 rings (SSSR count). The highest BCUT2D eigenvalue weighted by molar-refractivity contribution is 5.81. The van der Waals surface area contributed by atoms with Gasteiger partial charge in [0.25, 0.3) is 5.85 Å². The average Bonchev–Trinajstić information content (AvgIpc) is 2.92. The van der Waals surface area contributed by atoms with E-state index in [0.29, 0.717) is 0 Å². The summed E-state index contributed by atoms with van der Waals surface area (Å²) in [6.45, 7) is -0.787. The van der Waals surface area contributed by atoms with Crippen LogP contribution in [-0.4, -0.2) is 59.5 Å². The van der Waals surface area contributed by atoms with Crippen LogP contribution < -0.4 is 5.73 Å². The molecule has 3 heterocycles. The first-order valence-corrected chi connectivity index (χ1v) is 5.75. The second-order valence-corrected chi connectivity index (χ2v) is 4.45. The first kappa shape index (κ1) is 13.1. The smallest absolute Gasteiger partial charge is 0.266 e. The van der Waals surface area contributed by atoms with E-state index >= 15 is 0 Å². The molecule has 0 spiro atoms. The third-order valence-corrected chi connectivity index (χ3v) is 3.27. The zero-order valence-electron chi connectivity index (χ0n) is 10.1. The third-order valence-electron chi connectivity index (χ3n) is 3.27. The summed E-state index contributed by atoms with van der Waals surface area (Å²) in [5.41, 5.74) is 6.10.